The van der Waals surface area contributed by atoms with Gasteiger partial charge < -0.3 is 10.1 Å². The average molecular weight is 405 g/mol. The number of carbonyl (C=O) groups excluding carboxylic acids is 1. The van der Waals surface area contributed by atoms with E-state index >= 15 is 0 Å². The summed E-state index contributed by atoms with van der Waals surface area (Å²) in [6, 6.07) is 11.0. The first-order valence-electron chi connectivity index (χ1n) is 8.73. The topological polar surface area (TPSA) is 81.9 Å². The van der Waals surface area contributed by atoms with Crippen molar-refractivity contribution in [3.8, 4) is 5.75 Å². The lowest BCUT2D eigenvalue weighted by Crippen LogP contribution is -2.16. The molecule has 3 rings (SSSR count). The van der Waals surface area contributed by atoms with Gasteiger partial charge in [0.15, 0.2) is 5.82 Å². The van der Waals surface area contributed by atoms with Gasteiger partial charge in [-0.25, -0.2) is 4.68 Å². The Morgan fingerprint density at radius 1 is 1.17 bits per heavy atom. The largest absolute Gasteiger partial charge is 0.486 e. The third kappa shape index (κ3) is 4.89. The summed E-state index contributed by atoms with van der Waals surface area (Å²) in [6.45, 7) is 3.92. The van der Waals surface area contributed by atoms with E-state index < -0.39 is 17.6 Å². The minimum atomic E-state index is -4.57. The van der Waals surface area contributed by atoms with Gasteiger partial charge in [-0.3, -0.25) is 4.79 Å². The molecule has 1 N–H and O–H groups in total. The smallest absolute Gasteiger partial charge is 0.418 e. The Morgan fingerprint density at radius 2 is 1.93 bits per heavy atom. The molecule has 1 heterocycles. The predicted octanol–water partition coefficient (Wildman–Crippen LogP) is 4.10. The first-order valence-corrected chi connectivity index (χ1v) is 8.73. The average Bonchev–Trinajstić information content (AvgIpc) is 3.15. The van der Waals surface area contributed by atoms with E-state index in [1.807, 2.05) is 13.8 Å². The lowest BCUT2D eigenvalue weighted by molar-refractivity contribution is -0.136. The first-order chi connectivity index (χ1) is 13.8. The molecule has 0 aliphatic carbocycles. The minimum Gasteiger partial charge on any atom is -0.486 e. The number of ether oxygens (including phenoxy) is 1. The summed E-state index contributed by atoms with van der Waals surface area (Å²) in [5.41, 5.74) is -1.07. The second-order valence-corrected chi connectivity index (χ2v) is 6.45. The molecule has 152 valence electrons. The fraction of sp³-hybridized carbons (Fsp3) is 0.263. The zero-order valence-corrected chi connectivity index (χ0v) is 15.6. The second-order valence-electron chi connectivity index (χ2n) is 6.45. The summed E-state index contributed by atoms with van der Waals surface area (Å²) >= 11 is 0. The van der Waals surface area contributed by atoms with E-state index in [0.29, 0.717) is 11.6 Å². The second kappa shape index (κ2) is 8.29. The van der Waals surface area contributed by atoms with Gasteiger partial charge in [0.05, 0.1) is 17.3 Å². The number of halogens is 3. The normalized spacial score (nSPS) is 11.5. The molecular formula is C19H18F3N5O2. The Labute approximate surface area is 164 Å². The van der Waals surface area contributed by atoms with Crippen molar-refractivity contribution < 1.29 is 22.7 Å². The quantitative estimate of drug-likeness (QED) is 0.668. The van der Waals surface area contributed by atoms with E-state index in [9.17, 15) is 18.0 Å². The molecule has 0 fully saturated rings. The predicted molar refractivity (Wildman–Crippen MR) is 98.4 cm³/mol. The highest BCUT2D eigenvalue weighted by molar-refractivity contribution is 6.04. The summed E-state index contributed by atoms with van der Waals surface area (Å²) < 4.78 is 46.5. The molecule has 0 saturated carbocycles. The van der Waals surface area contributed by atoms with Crippen LogP contribution in [0.15, 0.2) is 48.5 Å². The number of nitrogens with one attached hydrogen (secondary N) is 1. The number of nitrogens with zero attached hydrogens (tertiary/aromatic N) is 4. The van der Waals surface area contributed by atoms with E-state index in [2.05, 4.69) is 20.8 Å². The highest BCUT2D eigenvalue weighted by Gasteiger charge is 2.33. The lowest BCUT2D eigenvalue weighted by Gasteiger charge is -2.14. The van der Waals surface area contributed by atoms with Gasteiger partial charge in [0.1, 0.15) is 12.4 Å². The van der Waals surface area contributed by atoms with E-state index in [1.165, 1.54) is 30.3 Å². The molecule has 10 heteroatoms. The van der Waals surface area contributed by atoms with Crippen LogP contribution in [0.5, 0.6) is 5.75 Å². The number of anilines is 1. The lowest BCUT2D eigenvalue weighted by atomic mass is 10.1. The van der Waals surface area contributed by atoms with Gasteiger partial charge in [0, 0.05) is 5.56 Å². The Morgan fingerprint density at radius 3 is 2.66 bits per heavy atom. The van der Waals surface area contributed by atoms with Gasteiger partial charge in [-0.05, 0) is 54.6 Å². The van der Waals surface area contributed by atoms with Crippen LogP contribution in [0, 0.1) is 0 Å². The SMILES string of the molecule is CC(C)n1nnnc1COc1cccc(C(=O)Nc2ccccc2C(F)(F)F)c1. The highest BCUT2D eigenvalue weighted by atomic mass is 19.4. The summed E-state index contributed by atoms with van der Waals surface area (Å²) in [5, 5.41) is 13.7. The van der Waals surface area contributed by atoms with Crippen LogP contribution in [-0.4, -0.2) is 26.1 Å². The van der Waals surface area contributed by atoms with Crippen LogP contribution in [-0.2, 0) is 12.8 Å². The number of hydrogen-bond acceptors (Lipinski definition) is 5. The molecule has 0 aliphatic rings. The number of alkyl halides is 3. The molecule has 0 saturated heterocycles. The van der Waals surface area contributed by atoms with Crippen LogP contribution < -0.4 is 10.1 Å². The molecule has 1 amide bonds. The van der Waals surface area contributed by atoms with Gasteiger partial charge in [-0.1, -0.05) is 18.2 Å². The third-order valence-corrected chi connectivity index (χ3v) is 3.99. The van der Waals surface area contributed by atoms with Crippen LogP contribution >= 0.6 is 0 Å². The van der Waals surface area contributed by atoms with Crippen molar-refractivity contribution in [1.82, 2.24) is 20.2 Å². The molecular weight excluding hydrogens is 387 g/mol. The molecule has 3 aromatic rings. The number of tetrazole rings is 1. The first kappa shape index (κ1) is 20.3. The van der Waals surface area contributed by atoms with Gasteiger partial charge in [-0.2, -0.15) is 13.2 Å². The van der Waals surface area contributed by atoms with Crippen LogP contribution in [0.2, 0.25) is 0 Å². The van der Waals surface area contributed by atoms with E-state index in [-0.39, 0.29) is 23.9 Å². The maximum Gasteiger partial charge on any atom is 0.418 e. The Balaban J connectivity index is 1.73. The molecule has 0 radical (unpaired) electrons. The number of hydrogen-bond donors (Lipinski definition) is 1. The minimum absolute atomic E-state index is 0.0504. The van der Waals surface area contributed by atoms with Crippen molar-refractivity contribution in [3.63, 3.8) is 0 Å². The van der Waals surface area contributed by atoms with Gasteiger partial charge in [-0.15, -0.1) is 5.10 Å². The number of aromatic nitrogens is 4. The number of para-hydroxylation sites is 1. The van der Waals surface area contributed by atoms with Crippen LogP contribution in [0.1, 0.15) is 41.6 Å². The molecule has 0 atom stereocenters. The van der Waals surface area contributed by atoms with Crippen molar-refractivity contribution in [2.45, 2.75) is 32.7 Å². The fourth-order valence-electron chi connectivity index (χ4n) is 2.62. The number of carbonyl (C=O) groups is 1. The fourth-order valence-corrected chi connectivity index (χ4v) is 2.62. The summed E-state index contributed by atoms with van der Waals surface area (Å²) in [6.07, 6.45) is -4.57. The monoisotopic (exact) mass is 405 g/mol. The maximum atomic E-state index is 13.1. The van der Waals surface area contributed by atoms with Crippen molar-refractivity contribution in [2.24, 2.45) is 0 Å². The number of rotatable bonds is 6. The van der Waals surface area contributed by atoms with Gasteiger partial charge in [0.2, 0.25) is 0 Å². The Hall–Kier alpha value is -3.43. The number of benzene rings is 2. The van der Waals surface area contributed by atoms with Crippen molar-refractivity contribution in [2.75, 3.05) is 5.32 Å². The van der Waals surface area contributed by atoms with E-state index in [4.69, 9.17) is 4.74 Å². The van der Waals surface area contributed by atoms with Crippen LogP contribution in [0.4, 0.5) is 18.9 Å². The molecule has 2 aromatic carbocycles. The van der Waals surface area contributed by atoms with Crippen LogP contribution in [0.3, 0.4) is 0 Å². The third-order valence-electron chi connectivity index (χ3n) is 3.99. The van der Waals surface area contributed by atoms with Crippen molar-refractivity contribution >= 4 is 11.6 Å². The molecule has 0 unspecified atom stereocenters. The molecule has 1 aromatic heterocycles. The van der Waals surface area contributed by atoms with Gasteiger partial charge >= 0.3 is 6.18 Å². The molecule has 29 heavy (non-hydrogen) atoms. The number of amides is 1. The zero-order chi connectivity index (χ0) is 21.0. The standard InChI is InChI=1S/C19H18F3N5O2/c1-12(2)27-17(24-25-26-27)11-29-14-7-5-6-13(10-14)18(28)23-16-9-4-3-8-15(16)19(20,21)22/h3-10,12H,11H2,1-2H3,(H,23,28). The highest BCUT2D eigenvalue weighted by Crippen LogP contribution is 2.34. The zero-order valence-electron chi connectivity index (χ0n) is 15.6. The van der Waals surface area contributed by atoms with E-state index in [0.717, 1.165) is 6.07 Å². The molecule has 0 aliphatic heterocycles. The summed E-state index contributed by atoms with van der Waals surface area (Å²) in [5.74, 6) is 0.188. The Kier molecular flexibility index (Phi) is 5.81. The van der Waals surface area contributed by atoms with Crippen molar-refractivity contribution in [3.05, 3.63) is 65.5 Å². The van der Waals surface area contributed by atoms with Crippen LogP contribution in [0.25, 0.3) is 0 Å². The summed E-state index contributed by atoms with van der Waals surface area (Å²) in [4.78, 5) is 12.5. The Bertz CT molecular complexity index is 1000. The molecule has 0 spiro atoms. The van der Waals surface area contributed by atoms with Crippen molar-refractivity contribution in [1.29, 1.82) is 0 Å². The summed E-state index contributed by atoms with van der Waals surface area (Å²) in [7, 11) is 0. The van der Waals surface area contributed by atoms with Gasteiger partial charge in [0.25, 0.3) is 5.91 Å². The maximum absolute atomic E-state index is 13.1. The molecule has 7 nitrogen and oxygen atoms in total. The molecule has 0 bridgehead atoms. The van der Waals surface area contributed by atoms with E-state index in [1.54, 1.807) is 16.8 Å².